The van der Waals surface area contributed by atoms with Gasteiger partial charge < -0.3 is 14.2 Å². The molecule has 1 amide bonds. The number of rotatable bonds is 7. The Hall–Kier alpha value is -4.13. The molecule has 3 aromatic carbocycles. The standard InChI is InChI=1S/C24H22N2O5/c1-16-7-10-18(11-8-16)24(28)31-21-12-9-17(13-22(21)30-3)15-25-26-23(27)19-5-4-6-20(14-19)29-2/h4-15H,1-3H3,(H,26,27). The molecule has 7 heteroatoms. The molecule has 0 atom stereocenters. The van der Waals surface area contributed by atoms with Crippen molar-refractivity contribution in [2.45, 2.75) is 6.92 Å². The topological polar surface area (TPSA) is 86.2 Å². The smallest absolute Gasteiger partial charge is 0.343 e. The second kappa shape index (κ2) is 10.1. The molecule has 0 fully saturated rings. The zero-order valence-corrected chi connectivity index (χ0v) is 17.4. The zero-order chi connectivity index (χ0) is 22.2. The Bertz CT molecular complexity index is 1110. The molecule has 0 heterocycles. The third-order valence-electron chi connectivity index (χ3n) is 4.39. The van der Waals surface area contributed by atoms with Gasteiger partial charge >= 0.3 is 5.97 Å². The molecule has 158 valence electrons. The van der Waals surface area contributed by atoms with Crippen LogP contribution in [0.15, 0.2) is 71.8 Å². The summed E-state index contributed by atoms with van der Waals surface area (Å²) in [4.78, 5) is 24.5. The molecule has 0 saturated heterocycles. The third-order valence-corrected chi connectivity index (χ3v) is 4.39. The fraction of sp³-hybridized carbons (Fsp3) is 0.125. The van der Waals surface area contributed by atoms with E-state index in [2.05, 4.69) is 10.5 Å². The molecule has 3 rings (SSSR count). The van der Waals surface area contributed by atoms with Crippen LogP contribution in [-0.4, -0.2) is 32.3 Å². The van der Waals surface area contributed by atoms with Gasteiger partial charge in [0.15, 0.2) is 11.5 Å². The molecule has 1 N–H and O–H groups in total. The van der Waals surface area contributed by atoms with Gasteiger partial charge in [-0.1, -0.05) is 23.8 Å². The molecule has 0 radical (unpaired) electrons. The predicted octanol–water partition coefficient (Wildman–Crippen LogP) is 4.00. The Morgan fingerprint density at radius 1 is 0.871 bits per heavy atom. The van der Waals surface area contributed by atoms with E-state index in [1.54, 1.807) is 54.6 Å². The van der Waals surface area contributed by atoms with E-state index in [1.807, 2.05) is 19.1 Å². The van der Waals surface area contributed by atoms with Crippen LogP contribution in [0.5, 0.6) is 17.2 Å². The maximum Gasteiger partial charge on any atom is 0.343 e. The number of hydrogen-bond donors (Lipinski definition) is 1. The van der Waals surface area contributed by atoms with Gasteiger partial charge in [-0.05, 0) is 61.0 Å². The monoisotopic (exact) mass is 418 g/mol. The average molecular weight is 418 g/mol. The SMILES string of the molecule is COc1cccc(C(=O)NN=Cc2ccc(OC(=O)c3ccc(C)cc3)c(OC)c2)c1. The number of carbonyl (C=O) groups excluding carboxylic acids is 2. The highest BCUT2D eigenvalue weighted by Crippen LogP contribution is 2.28. The number of hydrogen-bond acceptors (Lipinski definition) is 6. The molecular formula is C24H22N2O5. The van der Waals surface area contributed by atoms with Crippen LogP contribution in [-0.2, 0) is 0 Å². The Balaban J connectivity index is 1.66. The number of carbonyl (C=O) groups is 2. The van der Waals surface area contributed by atoms with Crippen LogP contribution in [0.2, 0.25) is 0 Å². The van der Waals surface area contributed by atoms with E-state index in [-0.39, 0.29) is 11.7 Å². The first kappa shape index (κ1) is 21.6. The maximum absolute atomic E-state index is 12.3. The highest BCUT2D eigenvalue weighted by atomic mass is 16.6. The summed E-state index contributed by atoms with van der Waals surface area (Å²) in [5, 5.41) is 3.97. The lowest BCUT2D eigenvalue weighted by Crippen LogP contribution is -2.17. The minimum atomic E-state index is -0.481. The zero-order valence-electron chi connectivity index (χ0n) is 17.4. The molecule has 31 heavy (non-hydrogen) atoms. The van der Waals surface area contributed by atoms with Crippen LogP contribution in [0.25, 0.3) is 0 Å². The first-order valence-corrected chi connectivity index (χ1v) is 9.44. The minimum absolute atomic E-state index is 0.283. The van der Waals surface area contributed by atoms with Crippen molar-refractivity contribution in [1.82, 2.24) is 5.43 Å². The van der Waals surface area contributed by atoms with Gasteiger partial charge in [0.2, 0.25) is 0 Å². The first-order chi connectivity index (χ1) is 15.0. The van der Waals surface area contributed by atoms with Gasteiger partial charge in [-0.2, -0.15) is 5.10 Å². The van der Waals surface area contributed by atoms with Crippen LogP contribution >= 0.6 is 0 Å². The molecule has 0 saturated carbocycles. The lowest BCUT2D eigenvalue weighted by Gasteiger charge is -2.10. The summed E-state index contributed by atoms with van der Waals surface area (Å²) in [6.45, 7) is 1.94. The van der Waals surface area contributed by atoms with Crippen LogP contribution in [0.4, 0.5) is 0 Å². The molecule has 0 aliphatic heterocycles. The van der Waals surface area contributed by atoms with E-state index in [4.69, 9.17) is 14.2 Å². The van der Waals surface area contributed by atoms with Gasteiger partial charge in [0, 0.05) is 5.56 Å². The summed E-state index contributed by atoms with van der Waals surface area (Å²) in [5.41, 5.74) is 5.03. The summed E-state index contributed by atoms with van der Waals surface area (Å²) in [6, 6.07) is 18.8. The first-order valence-electron chi connectivity index (χ1n) is 9.44. The van der Waals surface area contributed by atoms with E-state index in [0.717, 1.165) is 5.56 Å². The normalized spacial score (nSPS) is 10.5. The summed E-state index contributed by atoms with van der Waals surface area (Å²) < 4.78 is 15.9. The van der Waals surface area contributed by atoms with Crippen molar-refractivity contribution in [2.75, 3.05) is 14.2 Å². The van der Waals surface area contributed by atoms with Gasteiger partial charge in [-0.15, -0.1) is 0 Å². The van der Waals surface area contributed by atoms with Crippen LogP contribution in [0, 0.1) is 6.92 Å². The summed E-state index contributed by atoms with van der Waals surface area (Å²) in [6.07, 6.45) is 1.46. The molecule has 3 aromatic rings. The number of nitrogens with one attached hydrogen (secondary N) is 1. The maximum atomic E-state index is 12.3. The Labute approximate surface area is 180 Å². The average Bonchev–Trinajstić information content (AvgIpc) is 2.80. The number of methoxy groups -OCH3 is 2. The summed E-state index contributed by atoms with van der Waals surface area (Å²) in [7, 11) is 3.01. The Morgan fingerprint density at radius 2 is 1.65 bits per heavy atom. The Kier molecular flexibility index (Phi) is 7.01. The van der Waals surface area contributed by atoms with E-state index in [0.29, 0.717) is 28.2 Å². The highest BCUT2D eigenvalue weighted by Gasteiger charge is 2.13. The summed E-state index contributed by atoms with van der Waals surface area (Å²) >= 11 is 0. The van der Waals surface area contributed by atoms with E-state index < -0.39 is 5.97 Å². The number of nitrogens with zero attached hydrogens (tertiary/aromatic N) is 1. The number of hydrazone groups is 1. The minimum Gasteiger partial charge on any atom is -0.497 e. The Morgan fingerprint density at radius 3 is 2.35 bits per heavy atom. The van der Waals surface area contributed by atoms with Crippen molar-refractivity contribution in [2.24, 2.45) is 5.10 Å². The van der Waals surface area contributed by atoms with Crippen LogP contribution in [0.1, 0.15) is 31.8 Å². The van der Waals surface area contributed by atoms with Crippen molar-refractivity contribution < 1.29 is 23.8 Å². The van der Waals surface area contributed by atoms with Crippen molar-refractivity contribution in [3.8, 4) is 17.2 Å². The van der Waals surface area contributed by atoms with Gasteiger partial charge in [0.1, 0.15) is 5.75 Å². The largest absolute Gasteiger partial charge is 0.497 e. The molecule has 0 aromatic heterocycles. The fourth-order valence-corrected chi connectivity index (χ4v) is 2.69. The van der Waals surface area contributed by atoms with Gasteiger partial charge in [-0.25, -0.2) is 10.2 Å². The van der Waals surface area contributed by atoms with Gasteiger partial charge in [-0.3, -0.25) is 4.79 Å². The molecule has 0 aliphatic carbocycles. The summed E-state index contributed by atoms with van der Waals surface area (Å²) in [5.74, 6) is 0.377. The molecular weight excluding hydrogens is 396 g/mol. The van der Waals surface area contributed by atoms with Crippen LogP contribution in [0.3, 0.4) is 0 Å². The molecule has 0 spiro atoms. The molecule has 0 aliphatic rings. The quantitative estimate of drug-likeness (QED) is 0.271. The number of benzene rings is 3. The lowest BCUT2D eigenvalue weighted by atomic mass is 10.1. The molecule has 0 unspecified atom stereocenters. The van der Waals surface area contributed by atoms with E-state index in [1.165, 1.54) is 20.4 Å². The number of ether oxygens (including phenoxy) is 3. The molecule has 7 nitrogen and oxygen atoms in total. The van der Waals surface area contributed by atoms with Crippen molar-refractivity contribution in [3.05, 3.63) is 89.0 Å². The van der Waals surface area contributed by atoms with Gasteiger partial charge in [0.25, 0.3) is 5.91 Å². The number of esters is 1. The van der Waals surface area contributed by atoms with Crippen molar-refractivity contribution >= 4 is 18.1 Å². The second-order valence-electron chi connectivity index (χ2n) is 6.60. The van der Waals surface area contributed by atoms with Crippen molar-refractivity contribution in [1.29, 1.82) is 0 Å². The second-order valence-corrected chi connectivity index (χ2v) is 6.60. The highest BCUT2D eigenvalue weighted by molar-refractivity contribution is 5.95. The van der Waals surface area contributed by atoms with E-state index in [9.17, 15) is 9.59 Å². The number of amides is 1. The van der Waals surface area contributed by atoms with E-state index >= 15 is 0 Å². The third kappa shape index (κ3) is 5.70. The predicted molar refractivity (Wildman–Crippen MR) is 117 cm³/mol. The van der Waals surface area contributed by atoms with Gasteiger partial charge in [0.05, 0.1) is 26.0 Å². The van der Waals surface area contributed by atoms with Crippen LogP contribution < -0.4 is 19.6 Å². The number of aryl methyl sites for hydroxylation is 1. The van der Waals surface area contributed by atoms with Crippen molar-refractivity contribution in [3.63, 3.8) is 0 Å². The fourth-order valence-electron chi connectivity index (χ4n) is 2.69. The lowest BCUT2D eigenvalue weighted by molar-refractivity contribution is 0.0729. The molecule has 0 bridgehead atoms.